The van der Waals surface area contributed by atoms with Gasteiger partial charge >= 0.3 is 0 Å². The van der Waals surface area contributed by atoms with E-state index in [4.69, 9.17) is 0 Å². The van der Waals surface area contributed by atoms with Gasteiger partial charge in [-0.1, -0.05) is 0 Å². The molecule has 14 nitrogen and oxygen atoms in total. The van der Waals surface area contributed by atoms with Gasteiger partial charge in [-0.2, -0.15) is 25.0 Å². The number of fused-ring (bicyclic) bond motifs is 6. The maximum Gasteiger partial charge on any atom is 0.274 e. The van der Waals surface area contributed by atoms with E-state index < -0.39 is 10.8 Å². The Morgan fingerprint density at radius 3 is 2.14 bits per heavy atom. The summed E-state index contributed by atoms with van der Waals surface area (Å²) in [6, 6.07) is 0. The van der Waals surface area contributed by atoms with Crippen molar-refractivity contribution >= 4 is 35.5 Å². The molecule has 3 aliphatic heterocycles. The summed E-state index contributed by atoms with van der Waals surface area (Å²) in [6.07, 6.45) is 0. The second-order valence-corrected chi connectivity index (χ2v) is 7.71. The van der Waals surface area contributed by atoms with Crippen LogP contribution < -0.4 is 0 Å². The van der Waals surface area contributed by atoms with Crippen molar-refractivity contribution < 1.29 is 0 Å². The van der Waals surface area contributed by atoms with Crippen LogP contribution in [0.25, 0.3) is 0 Å². The number of rotatable bonds is 0. The SMILES string of the molecule is Cn1c2nnc1C(C)(C)C1=NC(=Nc3n[nH]c(n3)C(C)(C)C3=NC(=N2)N=N3)N=N1. The van der Waals surface area contributed by atoms with E-state index in [2.05, 4.69) is 65.8 Å². The molecule has 146 valence electrons. The van der Waals surface area contributed by atoms with Crippen LogP contribution in [0.1, 0.15) is 39.3 Å². The van der Waals surface area contributed by atoms with Crippen molar-refractivity contribution in [1.82, 2.24) is 29.9 Å². The fourth-order valence-corrected chi connectivity index (χ4v) is 3.02. The Hall–Kier alpha value is -3.84. The lowest BCUT2D eigenvalue weighted by Crippen LogP contribution is -2.30. The number of hydrogen-bond acceptors (Lipinski definition) is 12. The summed E-state index contributed by atoms with van der Waals surface area (Å²) in [5, 5.41) is 31.8. The molecular formula is C15H16N14. The molecule has 0 saturated carbocycles. The van der Waals surface area contributed by atoms with Gasteiger partial charge in [0.2, 0.25) is 0 Å². The summed E-state index contributed by atoms with van der Waals surface area (Å²) in [5.74, 6) is 2.84. The molecule has 2 aromatic rings. The Bertz CT molecular complexity index is 1210. The average molecular weight is 392 g/mol. The first-order valence-electron chi connectivity index (χ1n) is 8.77. The zero-order valence-electron chi connectivity index (χ0n) is 16.3. The Morgan fingerprint density at radius 2 is 1.41 bits per heavy atom. The number of nitrogens with one attached hydrogen (secondary N) is 1. The minimum Gasteiger partial charge on any atom is -0.298 e. The summed E-state index contributed by atoms with van der Waals surface area (Å²) in [4.78, 5) is 21.9. The molecule has 0 aliphatic carbocycles. The molecule has 3 aliphatic rings. The molecule has 5 rings (SSSR count). The van der Waals surface area contributed by atoms with Crippen molar-refractivity contribution in [3.63, 3.8) is 0 Å². The van der Waals surface area contributed by atoms with Gasteiger partial charge in [0.05, 0.1) is 10.8 Å². The van der Waals surface area contributed by atoms with E-state index in [-0.39, 0.29) is 17.9 Å². The predicted octanol–water partition coefficient (Wildman–Crippen LogP) is 1.91. The third-order valence-electron chi connectivity index (χ3n) is 4.87. The lowest BCUT2D eigenvalue weighted by atomic mass is 9.91. The molecule has 29 heavy (non-hydrogen) atoms. The van der Waals surface area contributed by atoms with Crippen LogP contribution in [-0.2, 0) is 17.9 Å². The Labute approximate surface area is 163 Å². The highest BCUT2D eigenvalue weighted by molar-refractivity contribution is 6.06. The summed E-state index contributed by atoms with van der Waals surface area (Å²) in [7, 11) is 1.80. The number of hydrogen-bond donors (Lipinski definition) is 1. The molecule has 2 aromatic heterocycles. The third-order valence-corrected chi connectivity index (χ3v) is 4.87. The van der Waals surface area contributed by atoms with Gasteiger partial charge < -0.3 is 0 Å². The summed E-state index contributed by atoms with van der Waals surface area (Å²) in [5.41, 5.74) is -1.41. The standard InChI is InChI=1S/C15H16N14/c1-14(2)6-16-10(25-21-6)19-11-18-8(23-26-11)15(3,4)9-24-28-13(29(9)5)20-12-17-7(14)22-27-12/h1-5H3,(H,16,21,25). The van der Waals surface area contributed by atoms with Crippen molar-refractivity contribution in [2.75, 3.05) is 0 Å². The van der Waals surface area contributed by atoms with E-state index in [1.807, 2.05) is 27.7 Å². The topological polar surface area (TPSA) is 171 Å². The highest BCUT2D eigenvalue weighted by Crippen LogP contribution is 2.30. The average Bonchev–Trinajstić information content (AvgIpc) is 3.43. The van der Waals surface area contributed by atoms with Crippen LogP contribution in [0.15, 0.2) is 40.4 Å². The van der Waals surface area contributed by atoms with Crippen LogP contribution in [0.5, 0.6) is 0 Å². The van der Waals surface area contributed by atoms with E-state index in [1.165, 1.54) is 0 Å². The van der Waals surface area contributed by atoms with Crippen LogP contribution in [0.4, 0.5) is 11.9 Å². The lowest BCUT2D eigenvalue weighted by Gasteiger charge is -2.20. The number of aliphatic imine (C=N–C) groups is 4. The molecule has 0 saturated heterocycles. The summed E-state index contributed by atoms with van der Waals surface area (Å²) < 4.78 is 1.74. The third kappa shape index (κ3) is 2.55. The fourth-order valence-electron chi connectivity index (χ4n) is 3.02. The number of nitrogens with zero attached hydrogens (tertiary/aromatic N) is 13. The van der Waals surface area contributed by atoms with Gasteiger partial charge in [-0.15, -0.1) is 35.8 Å². The second-order valence-electron chi connectivity index (χ2n) is 7.71. The number of guanidine groups is 2. The van der Waals surface area contributed by atoms with Gasteiger partial charge in [0.25, 0.3) is 23.8 Å². The smallest absolute Gasteiger partial charge is 0.274 e. The molecule has 0 unspecified atom stereocenters. The van der Waals surface area contributed by atoms with E-state index in [9.17, 15) is 0 Å². The zero-order valence-corrected chi connectivity index (χ0v) is 16.3. The first kappa shape index (κ1) is 17.3. The molecule has 0 atom stereocenters. The molecule has 0 amide bonds. The normalized spacial score (nSPS) is 21.0. The largest absolute Gasteiger partial charge is 0.298 e. The quantitative estimate of drug-likeness (QED) is 0.722. The van der Waals surface area contributed by atoms with E-state index in [1.54, 1.807) is 11.6 Å². The number of amidine groups is 2. The maximum atomic E-state index is 4.42. The van der Waals surface area contributed by atoms with Crippen LogP contribution in [0.2, 0.25) is 0 Å². The van der Waals surface area contributed by atoms with Gasteiger partial charge in [-0.25, -0.2) is 0 Å². The lowest BCUT2D eigenvalue weighted by molar-refractivity contribution is 0.612. The number of azo groups is 2. The Balaban J connectivity index is 1.73. The van der Waals surface area contributed by atoms with Crippen molar-refractivity contribution in [1.29, 1.82) is 0 Å². The van der Waals surface area contributed by atoms with Gasteiger partial charge in [0.15, 0.2) is 11.7 Å². The second kappa shape index (κ2) is 5.59. The predicted molar refractivity (Wildman–Crippen MR) is 102 cm³/mol. The van der Waals surface area contributed by atoms with Crippen LogP contribution in [0.3, 0.4) is 0 Å². The van der Waals surface area contributed by atoms with Crippen LogP contribution >= 0.6 is 0 Å². The molecule has 1 N–H and O–H groups in total. The van der Waals surface area contributed by atoms with Crippen molar-refractivity contribution in [2.45, 2.75) is 38.5 Å². The molecule has 5 heterocycles. The summed E-state index contributed by atoms with van der Waals surface area (Å²) in [6.45, 7) is 7.61. The number of aromatic nitrogens is 6. The summed E-state index contributed by atoms with van der Waals surface area (Å²) >= 11 is 0. The van der Waals surface area contributed by atoms with Crippen LogP contribution in [0, 0.1) is 0 Å². The van der Waals surface area contributed by atoms with Crippen molar-refractivity contribution in [3.8, 4) is 0 Å². The first-order valence-corrected chi connectivity index (χ1v) is 8.77. The Morgan fingerprint density at radius 1 is 0.759 bits per heavy atom. The monoisotopic (exact) mass is 392 g/mol. The van der Waals surface area contributed by atoms with Crippen LogP contribution in [-0.4, -0.2) is 53.5 Å². The zero-order chi connectivity index (χ0) is 20.4. The minimum atomic E-state index is -0.706. The maximum absolute atomic E-state index is 4.42. The Kier molecular flexibility index (Phi) is 3.33. The number of aromatic amines is 1. The highest BCUT2D eigenvalue weighted by atomic mass is 15.4. The minimum absolute atomic E-state index is 0.157. The molecule has 0 aromatic carbocycles. The van der Waals surface area contributed by atoms with Gasteiger partial charge in [0.1, 0.15) is 11.6 Å². The van der Waals surface area contributed by atoms with E-state index in [0.717, 1.165) is 0 Å². The molecule has 14 heteroatoms. The van der Waals surface area contributed by atoms with Gasteiger partial charge in [0, 0.05) is 7.05 Å². The van der Waals surface area contributed by atoms with E-state index >= 15 is 0 Å². The molecule has 0 fully saturated rings. The van der Waals surface area contributed by atoms with E-state index in [0.29, 0.717) is 29.3 Å². The number of H-pyrrole nitrogens is 1. The molecule has 8 bridgehead atoms. The fraction of sp³-hybridized carbons (Fsp3) is 0.467. The highest BCUT2D eigenvalue weighted by Gasteiger charge is 2.37. The molecule has 0 spiro atoms. The van der Waals surface area contributed by atoms with Gasteiger partial charge in [-0.05, 0) is 27.7 Å². The van der Waals surface area contributed by atoms with Crippen molar-refractivity contribution in [3.05, 3.63) is 11.6 Å². The van der Waals surface area contributed by atoms with Crippen molar-refractivity contribution in [2.24, 2.45) is 47.5 Å². The molecular weight excluding hydrogens is 376 g/mol. The molecule has 0 radical (unpaired) electrons. The first-order chi connectivity index (χ1) is 13.7. The van der Waals surface area contributed by atoms with Gasteiger partial charge in [-0.3, -0.25) is 9.67 Å².